The van der Waals surface area contributed by atoms with Crippen LogP contribution in [-0.2, 0) is 14.0 Å². The van der Waals surface area contributed by atoms with Crippen molar-refractivity contribution in [2.75, 3.05) is 7.11 Å². The van der Waals surface area contributed by atoms with E-state index in [1.54, 1.807) is 0 Å². The van der Waals surface area contributed by atoms with Crippen molar-refractivity contribution in [1.29, 1.82) is 0 Å². The molecule has 18 heavy (non-hydrogen) atoms. The molecule has 4 heteroatoms. The molecule has 0 bridgehead atoms. The molecule has 0 aliphatic rings. The van der Waals surface area contributed by atoms with Crippen molar-refractivity contribution in [1.82, 2.24) is 0 Å². The van der Waals surface area contributed by atoms with Gasteiger partial charge in [0.15, 0.2) is 8.32 Å². The summed E-state index contributed by atoms with van der Waals surface area (Å²) in [5, 5.41) is 0.197. The molecule has 0 aliphatic carbocycles. The lowest BCUT2D eigenvalue weighted by atomic mass is 10.1. The first kappa shape index (κ1) is 17.4. The van der Waals surface area contributed by atoms with Gasteiger partial charge in [0.05, 0.1) is 19.1 Å². The van der Waals surface area contributed by atoms with E-state index in [9.17, 15) is 4.79 Å². The summed E-state index contributed by atoms with van der Waals surface area (Å²) in [4.78, 5) is 11.3. The van der Waals surface area contributed by atoms with E-state index < -0.39 is 8.32 Å². The lowest BCUT2D eigenvalue weighted by Crippen LogP contribution is -2.42. The van der Waals surface area contributed by atoms with Crippen LogP contribution in [0, 0.1) is 5.92 Å². The summed E-state index contributed by atoms with van der Waals surface area (Å²) in [6.45, 7) is 14.9. The minimum Gasteiger partial charge on any atom is -0.469 e. The lowest BCUT2D eigenvalue weighted by molar-refractivity contribution is -0.143. The monoisotopic (exact) mass is 272 g/mol. The second-order valence-corrected chi connectivity index (χ2v) is 11.0. The number of hydrogen-bond donors (Lipinski definition) is 0. The van der Waals surface area contributed by atoms with Crippen LogP contribution >= 0.6 is 0 Å². The van der Waals surface area contributed by atoms with E-state index in [4.69, 9.17) is 4.43 Å². The molecule has 0 spiro atoms. The molecule has 0 radical (unpaired) electrons. The highest BCUT2D eigenvalue weighted by atomic mass is 28.4. The van der Waals surface area contributed by atoms with Crippen LogP contribution in [0.4, 0.5) is 0 Å². The number of esters is 1. The number of hydrogen-bond acceptors (Lipinski definition) is 3. The highest BCUT2D eigenvalue weighted by Crippen LogP contribution is 2.37. The molecule has 0 unspecified atom stereocenters. The first-order valence-electron chi connectivity index (χ1n) is 6.45. The predicted molar refractivity (Wildman–Crippen MR) is 78.1 cm³/mol. The maximum absolute atomic E-state index is 11.3. The van der Waals surface area contributed by atoms with E-state index in [-0.39, 0.29) is 23.0 Å². The maximum Gasteiger partial charge on any atom is 0.312 e. The molecule has 0 aromatic heterocycles. The standard InChI is InChI=1S/C14H28O3Si/c1-11(13(15)16-6)9-10-12(2)17-18(7,8)14(3,4)5/h9-12H,1-8H3/b10-9-/t11-,12+/m0/s1. The van der Waals surface area contributed by atoms with Crippen molar-refractivity contribution < 1.29 is 14.0 Å². The van der Waals surface area contributed by atoms with E-state index >= 15 is 0 Å². The molecule has 0 saturated heterocycles. The van der Waals surface area contributed by atoms with Crippen LogP contribution in [-0.4, -0.2) is 27.5 Å². The normalized spacial score (nSPS) is 16.7. The highest BCUT2D eigenvalue weighted by molar-refractivity contribution is 6.74. The Balaban J connectivity index is 4.48. The molecule has 0 aliphatic heterocycles. The summed E-state index contributed by atoms with van der Waals surface area (Å²) in [6, 6.07) is 0. The topological polar surface area (TPSA) is 35.5 Å². The van der Waals surface area contributed by atoms with Crippen LogP contribution in [0.5, 0.6) is 0 Å². The Morgan fingerprint density at radius 1 is 1.17 bits per heavy atom. The van der Waals surface area contributed by atoms with Gasteiger partial charge in [-0.2, -0.15) is 0 Å². The molecule has 0 heterocycles. The fraction of sp³-hybridized carbons (Fsp3) is 0.786. The summed E-state index contributed by atoms with van der Waals surface area (Å²) in [5.74, 6) is -0.439. The molecule has 0 amide bonds. The van der Waals surface area contributed by atoms with Gasteiger partial charge in [0.25, 0.3) is 0 Å². The van der Waals surface area contributed by atoms with Crippen LogP contribution in [0.25, 0.3) is 0 Å². The molecule has 106 valence electrons. The first-order valence-corrected chi connectivity index (χ1v) is 9.36. The van der Waals surface area contributed by atoms with Crippen molar-refractivity contribution in [2.24, 2.45) is 5.92 Å². The van der Waals surface area contributed by atoms with Crippen LogP contribution in [0.1, 0.15) is 34.6 Å². The Morgan fingerprint density at radius 3 is 2.06 bits per heavy atom. The largest absolute Gasteiger partial charge is 0.469 e. The van der Waals surface area contributed by atoms with Crippen LogP contribution in [0.15, 0.2) is 12.2 Å². The van der Waals surface area contributed by atoms with Gasteiger partial charge in [-0.3, -0.25) is 4.79 Å². The molecule has 0 saturated carbocycles. The van der Waals surface area contributed by atoms with E-state index in [2.05, 4.69) is 38.6 Å². The van der Waals surface area contributed by atoms with Gasteiger partial charge in [0, 0.05) is 0 Å². The predicted octanol–water partition coefficient (Wildman–Crippen LogP) is 3.76. The Kier molecular flexibility index (Phi) is 6.30. The van der Waals surface area contributed by atoms with Gasteiger partial charge < -0.3 is 9.16 Å². The van der Waals surface area contributed by atoms with E-state index in [1.807, 2.05) is 26.0 Å². The average Bonchev–Trinajstić information content (AvgIpc) is 2.22. The van der Waals surface area contributed by atoms with Gasteiger partial charge >= 0.3 is 5.97 Å². The Labute approximate surface area is 113 Å². The fourth-order valence-electron chi connectivity index (χ4n) is 1.27. The number of methoxy groups -OCH3 is 1. The second kappa shape index (κ2) is 6.52. The van der Waals surface area contributed by atoms with E-state index in [0.717, 1.165) is 0 Å². The van der Waals surface area contributed by atoms with Gasteiger partial charge in [0.1, 0.15) is 0 Å². The number of carbonyl (C=O) groups is 1. The zero-order valence-corrected chi connectivity index (χ0v) is 14.0. The minimum absolute atomic E-state index is 0.0259. The van der Waals surface area contributed by atoms with Crippen LogP contribution < -0.4 is 0 Å². The summed E-state index contributed by atoms with van der Waals surface area (Å²) in [7, 11) is -0.338. The molecule has 0 aromatic rings. The molecule has 0 rings (SSSR count). The third-order valence-electron chi connectivity index (χ3n) is 3.53. The highest BCUT2D eigenvalue weighted by Gasteiger charge is 2.38. The van der Waals surface area contributed by atoms with Gasteiger partial charge in [-0.15, -0.1) is 0 Å². The van der Waals surface area contributed by atoms with Gasteiger partial charge in [0.2, 0.25) is 0 Å². The van der Waals surface area contributed by atoms with Crippen molar-refractivity contribution in [3.05, 3.63) is 12.2 Å². The Hall–Kier alpha value is -0.613. The van der Waals surface area contributed by atoms with Crippen molar-refractivity contribution in [2.45, 2.75) is 58.9 Å². The summed E-state index contributed by atoms with van der Waals surface area (Å²) < 4.78 is 10.8. The van der Waals surface area contributed by atoms with Gasteiger partial charge in [-0.1, -0.05) is 32.9 Å². The minimum atomic E-state index is -1.74. The number of rotatable bonds is 5. The molecule has 0 aromatic carbocycles. The van der Waals surface area contributed by atoms with Crippen LogP contribution in [0.3, 0.4) is 0 Å². The third kappa shape index (κ3) is 5.36. The van der Waals surface area contributed by atoms with E-state index in [0.29, 0.717) is 0 Å². The second-order valence-electron chi connectivity index (χ2n) is 6.28. The zero-order valence-electron chi connectivity index (χ0n) is 13.0. The van der Waals surface area contributed by atoms with E-state index in [1.165, 1.54) is 7.11 Å². The fourth-order valence-corrected chi connectivity index (χ4v) is 2.63. The molecule has 3 nitrogen and oxygen atoms in total. The maximum atomic E-state index is 11.3. The first-order chi connectivity index (χ1) is 8.01. The third-order valence-corrected chi connectivity index (χ3v) is 8.10. The molecule has 0 N–H and O–H groups in total. The van der Waals surface area contributed by atoms with Gasteiger partial charge in [-0.05, 0) is 32.0 Å². The SMILES string of the molecule is COC(=O)[C@@H](C)/C=C\[C@@H](C)O[Si](C)(C)C(C)(C)C. The molecule has 2 atom stereocenters. The summed E-state index contributed by atoms with van der Waals surface area (Å²) in [6.07, 6.45) is 3.82. The Morgan fingerprint density at radius 2 is 1.67 bits per heavy atom. The molecular weight excluding hydrogens is 244 g/mol. The van der Waals surface area contributed by atoms with Crippen molar-refractivity contribution in [3.8, 4) is 0 Å². The summed E-state index contributed by atoms with van der Waals surface area (Å²) in [5.41, 5.74) is 0. The van der Waals surface area contributed by atoms with Crippen molar-refractivity contribution in [3.63, 3.8) is 0 Å². The lowest BCUT2D eigenvalue weighted by Gasteiger charge is -2.37. The molecular formula is C14H28O3Si. The van der Waals surface area contributed by atoms with Crippen LogP contribution in [0.2, 0.25) is 18.1 Å². The smallest absolute Gasteiger partial charge is 0.312 e. The Bertz CT molecular complexity index is 303. The van der Waals surface area contributed by atoms with Gasteiger partial charge in [-0.25, -0.2) is 0 Å². The summed E-state index contributed by atoms with van der Waals surface area (Å²) >= 11 is 0. The number of carbonyl (C=O) groups excluding carboxylic acids is 1. The molecule has 0 fully saturated rings. The number of ether oxygens (including phenoxy) is 1. The average molecular weight is 272 g/mol. The zero-order chi connectivity index (χ0) is 14.6. The quantitative estimate of drug-likeness (QED) is 0.434. The van der Waals surface area contributed by atoms with Crippen molar-refractivity contribution >= 4 is 14.3 Å².